The van der Waals surface area contributed by atoms with Crippen molar-refractivity contribution in [2.24, 2.45) is 0 Å². The number of fused-ring (bicyclic) bond motifs is 1. The highest BCUT2D eigenvalue weighted by molar-refractivity contribution is 6.01. The molecule has 2 aromatic carbocycles. The van der Waals surface area contributed by atoms with E-state index in [1.165, 1.54) is 0 Å². The van der Waals surface area contributed by atoms with Crippen molar-refractivity contribution < 1.29 is 9.53 Å². The third-order valence-corrected chi connectivity index (χ3v) is 5.14. The van der Waals surface area contributed by atoms with Crippen LogP contribution in [0, 0.1) is 11.3 Å². The molecule has 6 heteroatoms. The van der Waals surface area contributed by atoms with Crippen molar-refractivity contribution in [2.45, 2.75) is 6.42 Å². The molecule has 0 radical (unpaired) electrons. The number of hydrogen-bond acceptors (Lipinski definition) is 3. The Morgan fingerprint density at radius 3 is 2.74 bits per heavy atom. The molecule has 0 aliphatic rings. The van der Waals surface area contributed by atoms with Gasteiger partial charge in [0.15, 0.2) is 0 Å². The topological polar surface area (TPSA) is 82.8 Å². The van der Waals surface area contributed by atoms with Gasteiger partial charge in [-0.1, -0.05) is 18.2 Å². The van der Waals surface area contributed by atoms with Crippen molar-refractivity contribution in [3.63, 3.8) is 0 Å². The number of amides is 1. The Balaban J connectivity index is 1.45. The number of carbonyl (C=O) groups is 1. The fourth-order valence-corrected chi connectivity index (χ4v) is 3.53. The predicted molar refractivity (Wildman–Crippen MR) is 121 cm³/mol. The van der Waals surface area contributed by atoms with Gasteiger partial charge in [0, 0.05) is 41.2 Å². The number of nitrogens with one attached hydrogen (secondary N) is 2. The number of hydrogen-bond donors (Lipinski definition) is 2. The SMILES string of the molecule is COc1ccc(-n2cccc2/C=C(/C#N)C(=O)NCCc2c[nH]c3ccccc23)cc1. The van der Waals surface area contributed by atoms with E-state index >= 15 is 0 Å². The van der Waals surface area contributed by atoms with Crippen LogP contribution in [0.5, 0.6) is 5.75 Å². The fraction of sp³-hybridized carbons (Fsp3) is 0.120. The Bertz CT molecular complexity index is 1270. The van der Waals surface area contributed by atoms with Crippen molar-refractivity contribution in [1.82, 2.24) is 14.9 Å². The Morgan fingerprint density at radius 2 is 1.97 bits per heavy atom. The van der Waals surface area contributed by atoms with Crippen molar-refractivity contribution in [3.8, 4) is 17.5 Å². The fourth-order valence-electron chi connectivity index (χ4n) is 3.53. The molecule has 0 fully saturated rings. The van der Waals surface area contributed by atoms with Gasteiger partial charge in [-0.05, 0) is 60.5 Å². The number of nitriles is 1. The predicted octanol–water partition coefficient (Wildman–Crippen LogP) is 4.23. The molecule has 31 heavy (non-hydrogen) atoms. The first-order chi connectivity index (χ1) is 15.2. The molecule has 0 saturated heterocycles. The summed E-state index contributed by atoms with van der Waals surface area (Å²) in [5.41, 5.74) is 3.92. The molecule has 0 aliphatic carbocycles. The van der Waals surface area contributed by atoms with Gasteiger partial charge < -0.3 is 19.6 Å². The van der Waals surface area contributed by atoms with E-state index in [0.29, 0.717) is 13.0 Å². The molecule has 0 aliphatic heterocycles. The van der Waals surface area contributed by atoms with Gasteiger partial charge >= 0.3 is 0 Å². The molecular formula is C25H22N4O2. The van der Waals surface area contributed by atoms with Gasteiger partial charge in [0.1, 0.15) is 17.4 Å². The molecule has 0 bridgehead atoms. The molecule has 0 unspecified atom stereocenters. The molecule has 154 valence electrons. The number of nitrogens with zero attached hydrogens (tertiary/aromatic N) is 2. The maximum absolute atomic E-state index is 12.6. The zero-order chi connectivity index (χ0) is 21.6. The zero-order valence-electron chi connectivity index (χ0n) is 17.1. The normalized spacial score (nSPS) is 11.3. The molecule has 4 rings (SSSR count). The molecule has 0 atom stereocenters. The van der Waals surface area contributed by atoms with Gasteiger partial charge in [0.05, 0.1) is 7.11 Å². The molecule has 4 aromatic rings. The summed E-state index contributed by atoms with van der Waals surface area (Å²) >= 11 is 0. The van der Waals surface area contributed by atoms with Crippen molar-refractivity contribution in [2.75, 3.05) is 13.7 Å². The van der Waals surface area contributed by atoms with Crippen LogP contribution in [0.1, 0.15) is 11.3 Å². The first-order valence-corrected chi connectivity index (χ1v) is 9.96. The van der Waals surface area contributed by atoms with Crippen LogP contribution in [0.2, 0.25) is 0 Å². The summed E-state index contributed by atoms with van der Waals surface area (Å²) in [5.74, 6) is 0.380. The van der Waals surface area contributed by atoms with E-state index in [1.54, 1.807) is 13.2 Å². The van der Waals surface area contributed by atoms with E-state index in [0.717, 1.165) is 33.6 Å². The number of H-pyrrole nitrogens is 1. The monoisotopic (exact) mass is 410 g/mol. The van der Waals surface area contributed by atoms with Crippen LogP contribution in [0.15, 0.2) is 78.6 Å². The third kappa shape index (κ3) is 4.36. The van der Waals surface area contributed by atoms with Crippen LogP contribution in [-0.4, -0.2) is 29.1 Å². The minimum absolute atomic E-state index is 0.0624. The highest BCUT2D eigenvalue weighted by Crippen LogP contribution is 2.20. The summed E-state index contributed by atoms with van der Waals surface area (Å²) in [7, 11) is 1.62. The van der Waals surface area contributed by atoms with Crippen LogP contribution >= 0.6 is 0 Å². The second-order valence-electron chi connectivity index (χ2n) is 7.04. The van der Waals surface area contributed by atoms with E-state index < -0.39 is 0 Å². The summed E-state index contributed by atoms with van der Waals surface area (Å²) < 4.78 is 7.11. The Hall–Kier alpha value is -4.24. The number of carbonyl (C=O) groups excluding carboxylic acids is 1. The number of ether oxygens (including phenoxy) is 1. The van der Waals surface area contributed by atoms with Gasteiger partial charge in [-0.25, -0.2) is 0 Å². The molecule has 2 heterocycles. The standard InChI is InChI=1S/C25H22N4O2/c1-31-22-10-8-20(9-11-22)29-14-4-5-21(29)15-19(16-26)25(30)27-13-12-18-17-28-24-7-3-2-6-23(18)24/h2-11,14-15,17,28H,12-13H2,1H3,(H,27,30)/b19-15-. The first kappa shape index (κ1) is 20.0. The minimum atomic E-state index is -0.384. The minimum Gasteiger partial charge on any atom is -0.497 e. The number of para-hydroxylation sites is 1. The van der Waals surface area contributed by atoms with Gasteiger partial charge in [0.25, 0.3) is 5.91 Å². The largest absolute Gasteiger partial charge is 0.497 e. The Kier molecular flexibility index (Phi) is 5.86. The third-order valence-electron chi connectivity index (χ3n) is 5.14. The molecule has 2 aromatic heterocycles. The molecule has 1 amide bonds. The maximum Gasteiger partial charge on any atom is 0.262 e. The van der Waals surface area contributed by atoms with Crippen LogP contribution in [0.3, 0.4) is 0 Å². The quantitative estimate of drug-likeness (QED) is 0.353. The average molecular weight is 410 g/mol. The van der Waals surface area contributed by atoms with Gasteiger partial charge in [-0.15, -0.1) is 0 Å². The van der Waals surface area contributed by atoms with Crippen LogP contribution in [0.4, 0.5) is 0 Å². The smallest absolute Gasteiger partial charge is 0.262 e. The molecule has 0 spiro atoms. The number of methoxy groups -OCH3 is 1. The lowest BCUT2D eigenvalue weighted by Gasteiger charge is -2.08. The summed E-state index contributed by atoms with van der Waals surface area (Å²) in [6.07, 6.45) is 6.12. The first-order valence-electron chi connectivity index (χ1n) is 9.96. The van der Waals surface area contributed by atoms with E-state index in [2.05, 4.69) is 16.4 Å². The lowest BCUT2D eigenvalue weighted by molar-refractivity contribution is -0.117. The van der Waals surface area contributed by atoms with Crippen LogP contribution < -0.4 is 10.1 Å². The highest BCUT2D eigenvalue weighted by Gasteiger charge is 2.11. The Morgan fingerprint density at radius 1 is 1.16 bits per heavy atom. The van der Waals surface area contributed by atoms with Crippen molar-refractivity contribution in [3.05, 3.63) is 89.9 Å². The van der Waals surface area contributed by atoms with E-state index in [-0.39, 0.29) is 11.5 Å². The van der Waals surface area contributed by atoms with Gasteiger partial charge in [-0.2, -0.15) is 5.26 Å². The van der Waals surface area contributed by atoms with Crippen LogP contribution in [0.25, 0.3) is 22.7 Å². The van der Waals surface area contributed by atoms with Crippen molar-refractivity contribution in [1.29, 1.82) is 5.26 Å². The molecule has 0 saturated carbocycles. The maximum atomic E-state index is 12.6. The average Bonchev–Trinajstić information content (AvgIpc) is 3.44. The molecule has 6 nitrogen and oxygen atoms in total. The summed E-state index contributed by atoms with van der Waals surface area (Å²) in [6, 6.07) is 21.4. The van der Waals surface area contributed by atoms with E-state index in [9.17, 15) is 10.1 Å². The molecule has 2 N–H and O–H groups in total. The lowest BCUT2D eigenvalue weighted by atomic mass is 10.1. The summed E-state index contributed by atoms with van der Waals surface area (Å²) in [5, 5.41) is 13.5. The molecular weight excluding hydrogens is 388 g/mol. The number of benzene rings is 2. The van der Waals surface area contributed by atoms with E-state index in [4.69, 9.17) is 4.74 Å². The number of aromatic amines is 1. The van der Waals surface area contributed by atoms with Gasteiger partial charge in [0.2, 0.25) is 0 Å². The van der Waals surface area contributed by atoms with E-state index in [1.807, 2.05) is 77.6 Å². The highest BCUT2D eigenvalue weighted by atomic mass is 16.5. The Labute approximate surface area is 180 Å². The lowest BCUT2D eigenvalue weighted by Crippen LogP contribution is -2.26. The second-order valence-corrected chi connectivity index (χ2v) is 7.04. The van der Waals surface area contributed by atoms with Crippen LogP contribution in [-0.2, 0) is 11.2 Å². The van der Waals surface area contributed by atoms with Crippen molar-refractivity contribution >= 4 is 22.9 Å². The second kappa shape index (κ2) is 9.06. The number of aromatic nitrogens is 2. The van der Waals surface area contributed by atoms with Gasteiger partial charge in [-0.3, -0.25) is 4.79 Å². The zero-order valence-corrected chi connectivity index (χ0v) is 17.1. The summed E-state index contributed by atoms with van der Waals surface area (Å²) in [6.45, 7) is 0.444. The number of rotatable bonds is 7. The summed E-state index contributed by atoms with van der Waals surface area (Å²) in [4.78, 5) is 15.8.